The maximum atomic E-state index is 11.6. The van der Waals surface area contributed by atoms with Gasteiger partial charge in [0.15, 0.2) is 0 Å². The molecular formula is C11H17N3O5S. The summed E-state index contributed by atoms with van der Waals surface area (Å²) in [6.45, 7) is -0.245. The molecule has 20 heavy (non-hydrogen) atoms. The molecule has 0 radical (unpaired) electrons. The van der Waals surface area contributed by atoms with Crippen LogP contribution in [0.5, 0.6) is 0 Å². The van der Waals surface area contributed by atoms with Gasteiger partial charge in [0, 0.05) is 26.4 Å². The molecule has 0 aromatic rings. The Balaban J connectivity index is 2.06. The van der Waals surface area contributed by atoms with Gasteiger partial charge in [-0.1, -0.05) is 0 Å². The van der Waals surface area contributed by atoms with E-state index in [1.165, 1.54) is 35.7 Å². The van der Waals surface area contributed by atoms with Crippen molar-refractivity contribution in [1.82, 2.24) is 9.80 Å². The smallest absolute Gasteiger partial charge is 0.409 e. The lowest BCUT2D eigenvalue weighted by atomic mass is 9.88. The first-order valence-electron chi connectivity index (χ1n) is 6.04. The van der Waals surface area contributed by atoms with E-state index in [0.717, 1.165) is 0 Å². The first-order chi connectivity index (χ1) is 9.28. The van der Waals surface area contributed by atoms with Crippen molar-refractivity contribution in [1.29, 1.82) is 0 Å². The Kier molecular flexibility index (Phi) is 3.83. The summed E-state index contributed by atoms with van der Waals surface area (Å²) in [5, 5.41) is 9.27. The fourth-order valence-corrected chi connectivity index (χ4v) is 3.61. The first kappa shape index (κ1) is 14.9. The molecule has 2 fully saturated rings. The minimum Gasteiger partial charge on any atom is -0.481 e. The highest BCUT2D eigenvalue weighted by Gasteiger charge is 2.56. The number of fused-ring (bicyclic) bond motifs is 1. The van der Waals surface area contributed by atoms with Crippen molar-refractivity contribution in [2.75, 3.05) is 33.0 Å². The zero-order valence-corrected chi connectivity index (χ0v) is 12.1. The normalized spacial score (nSPS) is 32.1. The summed E-state index contributed by atoms with van der Waals surface area (Å²) < 4.78 is 5.00. The van der Waals surface area contributed by atoms with Gasteiger partial charge in [-0.3, -0.25) is 9.59 Å². The van der Waals surface area contributed by atoms with Crippen LogP contribution in [0.4, 0.5) is 4.79 Å². The highest BCUT2D eigenvalue weighted by Crippen LogP contribution is 2.41. The van der Waals surface area contributed by atoms with Crippen molar-refractivity contribution in [3.63, 3.8) is 0 Å². The van der Waals surface area contributed by atoms with Crippen LogP contribution in [0.25, 0.3) is 0 Å². The molecule has 3 atom stereocenters. The van der Waals surface area contributed by atoms with Crippen LogP contribution in [0.1, 0.15) is 0 Å². The molecule has 8 nitrogen and oxygen atoms in total. The predicted molar refractivity (Wildman–Crippen MR) is 71.0 cm³/mol. The van der Waals surface area contributed by atoms with Crippen LogP contribution < -0.4 is 5.73 Å². The molecule has 0 spiro atoms. The van der Waals surface area contributed by atoms with Crippen LogP contribution in [0.15, 0.2) is 0 Å². The third-order valence-electron chi connectivity index (χ3n) is 3.48. The lowest BCUT2D eigenvalue weighted by Gasteiger charge is -2.52. The molecular weight excluding hydrogens is 286 g/mol. The molecule has 2 heterocycles. The summed E-state index contributed by atoms with van der Waals surface area (Å²) >= 11 is 1.31. The third-order valence-corrected chi connectivity index (χ3v) is 5.09. The lowest BCUT2D eigenvalue weighted by Crippen LogP contribution is -2.72. The number of carboxylic acids is 1. The summed E-state index contributed by atoms with van der Waals surface area (Å²) in [5.74, 6) is -1.08. The molecule has 2 saturated heterocycles. The quantitative estimate of drug-likeness (QED) is 0.643. The van der Waals surface area contributed by atoms with E-state index in [1.54, 1.807) is 0 Å². The van der Waals surface area contributed by atoms with Gasteiger partial charge in [-0.2, -0.15) is 0 Å². The van der Waals surface area contributed by atoms with Crippen molar-refractivity contribution >= 4 is 29.7 Å². The number of rotatable bonds is 3. The van der Waals surface area contributed by atoms with Gasteiger partial charge in [0.1, 0.15) is 23.4 Å². The van der Waals surface area contributed by atoms with E-state index in [1.807, 2.05) is 0 Å². The van der Waals surface area contributed by atoms with Crippen molar-refractivity contribution in [3.8, 4) is 0 Å². The molecule has 2 unspecified atom stereocenters. The number of carbonyl (C=O) groups excluding carboxylic acids is 2. The maximum Gasteiger partial charge on any atom is 0.409 e. The Hall–Kier alpha value is -1.48. The average Bonchev–Trinajstić information content (AvgIpc) is 2.43. The van der Waals surface area contributed by atoms with Gasteiger partial charge < -0.3 is 25.4 Å². The van der Waals surface area contributed by atoms with Crippen LogP contribution >= 0.6 is 11.8 Å². The van der Waals surface area contributed by atoms with Gasteiger partial charge in [0.2, 0.25) is 5.91 Å². The van der Waals surface area contributed by atoms with Crippen LogP contribution in [-0.4, -0.2) is 77.3 Å². The Morgan fingerprint density at radius 1 is 1.60 bits per heavy atom. The lowest BCUT2D eigenvalue weighted by molar-refractivity contribution is -0.159. The number of nitrogens with zero attached hydrogens (tertiary/aromatic N) is 2. The van der Waals surface area contributed by atoms with Gasteiger partial charge in [0.25, 0.3) is 0 Å². The van der Waals surface area contributed by atoms with Crippen LogP contribution in [0.3, 0.4) is 0 Å². The highest BCUT2D eigenvalue weighted by atomic mass is 32.2. The third kappa shape index (κ3) is 2.31. The topological polar surface area (TPSA) is 113 Å². The van der Waals surface area contributed by atoms with E-state index in [4.69, 9.17) is 10.5 Å². The molecule has 2 aliphatic rings. The number of aliphatic carboxylic acids is 1. The number of carbonyl (C=O) groups is 3. The number of carboxylic acid groups (broad SMARTS) is 1. The second-order valence-electron chi connectivity index (χ2n) is 5.23. The highest BCUT2D eigenvalue weighted by molar-refractivity contribution is 8.00. The van der Waals surface area contributed by atoms with Crippen molar-refractivity contribution in [2.45, 2.75) is 11.4 Å². The average molecular weight is 303 g/mol. The summed E-state index contributed by atoms with van der Waals surface area (Å²) in [5.41, 5.74) is 4.38. The molecule has 0 aliphatic carbocycles. The zero-order chi connectivity index (χ0) is 15.1. The Morgan fingerprint density at radius 2 is 2.25 bits per heavy atom. The molecule has 112 valence electrons. The fourth-order valence-electron chi connectivity index (χ4n) is 2.14. The van der Waals surface area contributed by atoms with E-state index >= 15 is 0 Å². The molecule has 3 N–H and O–H groups in total. The molecule has 0 aromatic heterocycles. The Bertz CT molecular complexity index is 457. The van der Waals surface area contributed by atoms with Gasteiger partial charge in [-0.25, -0.2) is 4.79 Å². The second-order valence-corrected chi connectivity index (χ2v) is 6.33. The van der Waals surface area contributed by atoms with Gasteiger partial charge in [-0.05, 0) is 0 Å². The SMILES string of the molecule is CN(C)C(=O)OCC1(C(=O)O)CS[C@@H]2C(N)C(=O)N2C1. The number of thioether (sulfide) groups is 1. The molecule has 0 saturated carbocycles. The number of hydrogen-bond donors (Lipinski definition) is 2. The first-order valence-corrected chi connectivity index (χ1v) is 7.08. The van der Waals surface area contributed by atoms with Crippen molar-refractivity contribution < 1.29 is 24.2 Å². The fraction of sp³-hybridized carbons (Fsp3) is 0.727. The van der Waals surface area contributed by atoms with E-state index in [2.05, 4.69) is 0 Å². The van der Waals surface area contributed by atoms with Crippen molar-refractivity contribution in [3.05, 3.63) is 0 Å². The monoisotopic (exact) mass is 303 g/mol. The standard InChI is InChI=1S/C11H17N3O5S/c1-13(2)10(18)19-4-11(9(16)17)3-14-7(15)6(12)8(14)20-5-11/h6,8H,3-5,12H2,1-2H3,(H,16,17)/t6?,8-,11?/m1/s1. The number of nitrogens with two attached hydrogens (primary N) is 1. The molecule has 2 rings (SSSR count). The summed E-state index contributed by atoms with van der Waals surface area (Å²) in [4.78, 5) is 37.3. The van der Waals surface area contributed by atoms with Crippen LogP contribution in [0, 0.1) is 5.41 Å². The van der Waals surface area contributed by atoms with Crippen LogP contribution in [-0.2, 0) is 14.3 Å². The minimum absolute atomic E-state index is 0.0211. The second kappa shape index (κ2) is 5.13. The summed E-state index contributed by atoms with van der Waals surface area (Å²) in [6, 6.07) is -0.559. The maximum absolute atomic E-state index is 11.6. The number of ether oxygens (including phenoxy) is 1. The number of hydrogen-bond acceptors (Lipinski definition) is 6. The molecule has 9 heteroatoms. The number of β-lactam (4-membered cyclic amide) rings is 1. The molecule has 0 bridgehead atoms. The number of amides is 2. The zero-order valence-electron chi connectivity index (χ0n) is 11.2. The predicted octanol–water partition coefficient (Wildman–Crippen LogP) is -1.00. The van der Waals surface area contributed by atoms with E-state index in [0.29, 0.717) is 0 Å². The van der Waals surface area contributed by atoms with Gasteiger partial charge in [-0.15, -0.1) is 11.8 Å². The van der Waals surface area contributed by atoms with E-state index in [-0.39, 0.29) is 30.2 Å². The Labute approximate surface area is 120 Å². The Morgan fingerprint density at radius 3 is 2.80 bits per heavy atom. The largest absolute Gasteiger partial charge is 0.481 e. The summed E-state index contributed by atoms with van der Waals surface area (Å²) in [7, 11) is 3.03. The van der Waals surface area contributed by atoms with Crippen molar-refractivity contribution in [2.24, 2.45) is 11.1 Å². The van der Waals surface area contributed by atoms with Gasteiger partial charge in [0.05, 0.1) is 0 Å². The van der Waals surface area contributed by atoms with E-state index < -0.39 is 23.5 Å². The minimum atomic E-state index is -1.28. The van der Waals surface area contributed by atoms with Gasteiger partial charge >= 0.3 is 12.1 Å². The van der Waals surface area contributed by atoms with E-state index in [9.17, 15) is 19.5 Å². The molecule has 2 aliphatic heterocycles. The molecule has 0 aromatic carbocycles. The summed E-state index contributed by atoms with van der Waals surface area (Å²) in [6.07, 6.45) is -0.607. The molecule has 2 amide bonds. The van der Waals surface area contributed by atoms with Crippen LogP contribution in [0.2, 0.25) is 0 Å².